The van der Waals surface area contributed by atoms with Gasteiger partial charge in [-0.2, -0.15) is 5.10 Å². The van der Waals surface area contributed by atoms with E-state index in [-0.39, 0.29) is 16.6 Å². The second-order valence-electron chi connectivity index (χ2n) is 7.74. The van der Waals surface area contributed by atoms with E-state index < -0.39 is 15.4 Å². The number of nitrogens with zero attached hydrogens (tertiary/aromatic N) is 2. The van der Waals surface area contributed by atoms with Gasteiger partial charge in [0, 0.05) is 16.6 Å². The molecule has 142 valence electrons. The second-order valence-corrected chi connectivity index (χ2v) is 10.2. The van der Waals surface area contributed by atoms with Gasteiger partial charge in [0.05, 0.1) is 22.4 Å². The topological polar surface area (TPSA) is 64.0 Å². The van der Waals surface area contributed by atoms with E-state index in [0.717, 1.165) is 25.7 Å². The number of aromatic nitrogens is 2. The molecule has 1 heterocycles. The first kappa shape index (κ1) is 19.5. The van der Waals surface area contributed by atoms with Crippen molar-refractivity contribution in [1.82, 2.24) is 9.78 Å². The number of hydrogen-bond acceptors (Lipinski definition) is 3. The Morgan fingerprint density at radius 2 is 1.85 bits per heavy atom. The second kappa shape index (κ2) is 7.06. The van der Waals surface area contributed by atoms with Gasteiger partial charge < -0.3 is 0 Å². The Bertz CT molecular complexity index is 911. The highest BCUT2D eigenvalue weighted by molar-refractivity contribution is 7.92. The third-order valence-electron chi connectivity index (χ3n) is 4.57. The van der Waals surface area contributed by atoms with Gasteiger partial charge in [-0.05, 0) is 31.0 Å². The smallest absolute Gasteiger partial charge is 0.265 e. The monoisotopic (exact) mass is 415 g/mol. The number of anilines is 1. The number of halogens is 2. The minimum atomic E-state index is -3.85. The lowest BCUT2D eigenvalue weighted by atomic mass is 9.92. The van der Waals surface area contributed by atoms with Gasteiger partial charge in [-0.25, -0.2) is 8.42 Å². The highest BCUT2D eigenvalue weighted by atomic mass is 35.5. The van der Waals surface area contributed by atoms with Crippen LogP contribution >= 0.6 is 23.2 Å². The third-order valence-corrected chi connectivity index (χ3v) is 6.50. The summed E-state index contributed by atoms with van der Waals surface area (Å²) >= 11 is 12.1. The molecule has 5 nitrogen and oxygen atoms in total. The summed E-state index contributed by atoms with van der Waals surface area (Å²) in [5.41, 5.74) is 0.397. The Balaban J connectivity index is 2.04. The van der Waals surface area contributed by atoms with Crippen molar-refractivity contribution in [3.05, 3.63) is 40.1 Å². The van der Waals surface area contributed by atoms with Gasteiger partial charge in [0.15, 0.2) is 0 Å². The van der Waals surface area contributed by atoms with Crippen LogP contribution in [0.1, 0.15) is 58.2 Å². The quantitative estimate of drug-likeness (QED) is 0.726. The fourth-order valence-electron chi connectivity index (χ4n) is 3.22. The van der Waals surface area contributed by atoms with Gasteiger partial charge in [-0.3, -0.25) is 9.40 Å². The molecule has 0 unspecified atom stereocenters. The molecular formula is C18H23Cl2N3O2S. The molecular weight excluding hydrogens is 393 g/mol. The molecule has 0 aliphatic heterocycles. The van der Waals surface area contributed by atoms with E-state index in [1.165, 1.54) is 6.07 Å². The Labute approximate surface area is 164 Å². The summed E-state index contributed by atoms with van der Waals surface area (Å²) in [6.45, 7) is 5.87. The number of nitrogens with one attached hydrogen (secondary N) is 1. The van der Waals surface area contributed by atoms with E-state index in [9.17, 15) is 8.42 Å². The molecule has 0 saturated heterocycles. The van der Waals surface area contributed by atoms with Gasteiger partial charge >= 0.3 is 0 Å². The highest BCUT2D eigenvalue weighted by Gasteiger charge is 2.32. The maximum Gasteiger partial charge on any atom is 0.265 e. The van der Waals surface area contributed by atoms with Crippen LogP contribution in [0.25, 0.3) is 0 Å². The fraction of sp³-hybridized carbons (Fsp3) is 0.500. The van der Waals surface area contributed by atoms with Crippen LogP contribution in [-0.4, -0.2) is 18.2 Å². The average molecular weight is 416 g/mol. The van der Waals surface area contributed by atoms with E-state index in [2.05, 4.69) is 9.82 Å². The van der Waals surface area contributed by atoms with Crippen molar-refractivity contribution < 1.29 is 8.42 Å². The normalized spacial score (nSPS) is 16.2. The van der Waals surface area contributed by atoms with Crippen LogP contribution in [-0.2, 0) is 15.4 Å². The fourth-order valence-corrected chi connectivity index (χ4v) is 5.03. The van der Waals surface area contributed by atoms with Crippen molar-refractivity contribution in [3.8, 4) is 0 Å². The molecule has 1 aromatic heterocycles. The van der Waals surface area contributed by atoms with Crippen LogP contribution in [0.15, 0.2) is 29.3 Å². The first-order valence-corrected chi connectivity index (χ1v) is 10.9. The minimum absolute atomic E-state index is 0.188. The standard InChI is InChI=1S/C18H23Cl2N3O2S/c1-18(2,3)17-16(11-23(21-17)13-6-4-5-7-13)26(24,25)22-15-10-12(19)8-9-14(15)20/h8-11,13,22H,4-7H2,1-3H3. The predicted octanol–water partition coefficient (Wildman–Crippen LogP) is 5.40. The summed E-state index contributed by atoms with van der Waals surface area (Å²) in [6.07, 6.45) is 6.00. The van der Waals surface area contributed by atoms with Crippen LogP contribution in [0.5, 0.6) is 0 Å². The summed E-state index contributed by atoms with van der Waals surface area (Å²) in [7, 11) is -3.85. The zero-order chi connectivity index (χ0) is 19.1. The molecule has 26 heavy (non-hydrogen) atoms. The molecule has 2 aromatic rings. The summed E-state index contributed by atoms with van der Waals surface area (Å²) in [5, 5.41) is 5.35. The van der Waals surface area contributed by atoms with E-state index >= 15 is 0 Å². The van der Waals surface area contributed by atoms with Crippen molar-refractivity contribution >= 4 is 38.9 Å². The van der Waals surface area contributed by atoms with Crippen molar-refractivity contribution in [2.75, 3.05) is 4.72 Å². The highest BCUT2D eigenvalue weighted by Crippen LogP contribution is 2.35. The summed E-state index contributed by atoms with van der Waals surface area (Å²) in [4.78, 5) is 0.188. The third kappa shape index (κ3) is 4.02. The van der Waals surface area contributed by atoms with Crippen molar-refractivity contribution in [1.29, 1.82) is 0 Å². The Kier molecular flexibility index (Phi) is 5.30. The molecule has 1 saturated carbocycles. The van der Waals surface area contributed by atoms with Crippen LogP contribution in [0.4, 0.5) is 5.69 Å². The average Bonchev–Trinajstić information content (AvgIpc) is 3.18. The molecule has 1 N–H and O–H groups in total. The first-order valence-electron chi connectivity index (χ1n) is 8.65. The molecule has 0 atom stereocenters. The lowest BCUT2D eigenvalue weighted by Crippen LogP contribution is -2.20. The molecule has 0 radical (unpaired) electrons. The lowest BCUT2D eigenvalue weighted by Gasteiger charge is -2.18. The summed E-state index contributed by atoms with van der Waals surface area (Å²) in [6, 6.07) is 4.93. The van der Waals surface area contributed by atoms with E-state index in [4.69, 9.17) is 23.2 Å². The Morgan fingerprint density at radius 3 is 2.46 bits per heavy atom. The van der Waals surface area contributed by atoms with Crippen molar-refractivity contribution in [2.24, 2.45) is 0 Å². The Hall–Kier alpha value is -1.24. The predicted molar refractivity (Wildman–Crippen MR) is 106 cm³/mol. The molecule has 3 rings (SSSR count). The van der Waals surface area contributed by atoms with E-state index in [1.807, 2.05) is 25.5 Å². The lowest BCUT2D eigenvalue weighted by molar-refractivity contribution is 0.448. The van der Waals surface area contributed by atoms with Gasteiger partial charge in [-0.1, -0.05) is 56.8 Å². The zero-order valence-electron chi connectivity index (χ0n) is 15.1. The van der Waals surface area contributed by atoms with Gasteiger partial charge in [0.2, 0.25) is 0 Å². The molecule has 1 aliphatic rings. The molecule has 0 spiro atoms. The molecule has 1 fully saturated rings. The largest absolute Gasteiger partial charge is 0.278 e. The maximum absolute atomic E-state index is 13.1. The van der Waals surface area contributed by atoms with Gasteiger partial charge in [0.25, 0.3) is 10.0 Å². The molecule has 1 aromatic carbocycles. The zero-order valence-corrected chi connectivity index (χ0v) is 17.4. The van der Waals surface area contributed by atoms with Gasteiger partial charge in [-0.15, -0.1) is 0 Å². The number of hydrogen-bond donors (Lipinski definition) is 1. The molecule has 8 heteroatoms. The van der Waals surface area contributed by atoms with Crippen molar-refractivity contribution in [2.45, 2.75) is 62.8 Å². The molecule has 1 aliphatic carbocycles. The number of benzene rings is 1. The first-order chi connectivity index (χ1) is 12.1. The maximum atomic E-state index is 13.1. The minimum Gasteiger partial charge on any atom is -0.278 e. The van der Waals surface area contributed by atoms with Crippen LogP contribution < -0.4 is 4.72 Å². The van der Waals surface area contributed by atoms with Crippen LogP contribution in [0.2, 0.25) is 10.0 Å². The van der Waals surface area contributed by atoms with E-state index in [1.54, 1.807) is 18.3 Å². The summed E-state index contributed by atoms with van der Waals surface area (Å²) < 4.78 is 30.6. The molecule has 0 bridgehead atoms. The molecule has 0 amide bonds. The Morgan fingerprint density at radius 1 is 1.19 bits per heavy atom. The van der Waals surface area contributed by atoms with Crippen LogP contribution in [0.3, 0.4) is 0 Å². The van der Waals surface area contributed by atoms with E-state index in [0.29, 0.717) is 15.7 Å². The van der Waals surface area contributed by atoms with Crippen molar-refractivity contribution in [3.63, 3.8) is 0 Å². The summed E-state index contributed by atoms with van der Waals surface area (Å²) in [5.74, 6) is 0. The number of rotatable bonds is 4. The van der Waals surface area contributed by atoms with Crippen LogP contribution in [0, 0.1) is 0 Å². The SMILES string of the molecule is CC(C)(C)c1nn(C2CCCC2)cc1S(=O)(=O)Nc1cc(Cl)ccc1Cl. The number of sulfonamides is 1. The van der Waals surface area contributed by atoms with Gasteiger partial charge in [0.1, 0.15) is 4.90 Å².